The molecule has 1 unspecified atom stereocenters. The van der Waals surface area contributed by atoms with E-state index in [0.29, 0.717) is 5.69 Å². The zero-order valence-corrected chi connectivity index (χ0v) is 17.2. The van der Waals surface area contributed by atoms with Crippen LogP contribution in [0.15, 0.2) is 78.0 Å². The maximum atomic E-state index is 13.6. The fourth-order valence-corrected chi connectivity index (χ4v) is 4.05. The van der Waals surface area contributed by atoms with Crippen LogP contribution in [0.5, 0.6) is 0 Å². The number of rotatable bonds is 7. The molecule has 31 heavy (non-hydrogen) atoms. The first-order chi connectivity index (χ1) is 14.7. The molecule has 2 amide bonds. The molecule has 160 valence electrons. The predicted octanol–water partition coefficient (Wildman–Crippen LogP) is 2.32. The Morgan fingerprint density at radius 3 is 2.29 bits per heavy atom. The molecule has 10 heteroatoms. The Labute approximate surface area is 178 Å². The quantitative estimate of drug-likeness (QED) is 0.581. The monoisotopic (exact) mass is 442 g/mol. The summed E-state index contributed by atoms with van der Waals surface area (Å²) in [5.74, 6) is -1.98. The molecule has 1 atom stereocenters. The molecular weight excluding hydrogens is 423 g/mol. The van der Waals surface area contributed by atoms with E-state index in [-0.39, 0.29) is 16.0 Å². The Kier molecular flexibility index (Phi) is 6.30. The van der Waals surface area contributed by atoms with Crippen LogP contribution in [0.2, 0.25) is 0 Å². The number of amides is 2. The van der Waals surface area contributed by atoms with Crippen molar-refractivity contribution in [2.45, 2.75) is 10.9 Å². The fraction of sp³-hybridized carbons (Fsp3) is 0.0952. The summed E-state index contributed by atoms with van der Waals surface area (Å²) in [5.41, 5.74) is 6.14. The molecule has 0 saturated heterocycles. The average molecular weight is 442 g/mol. The zero-order chi connectivity index (χ0) is 22.6. The highest BCUT2D eigenvalue weighted by molar-refractivity contribution is 7.92. The second-order valence-corrected chi connectivity index (χ2v) is 8.32. The molecule has 2 aromatic carbocycles. The lowest BCUT2D eigenvalue weighted by molar-refractivity contribution is -0.122. The third-order valence-corrected chi connectivity index (χ3v) is 5.88. The second-order valence-electron chi connectivity index (χ2n) is 6.64. The molecular formula is C21H19FN4O4S. The third-order valence-electron chi connectivity index (χ3n) is 4.49. The smallest absolute Gasteiger partial charge is 0.261 e. The number of pyridine rings is 1. The van der Waals surface area contributed by atoms with E-state index in [2.05, 4.69) is 9.71 Å². The normalized spacial score (nSPS) is 12.1. The lowest BCUT2D eigenvalue weighted by Crippen LogP contribution is -2.39. The Morgan fingerprint density at radius 2 is 1.71 bits per heavy atom. The highest BCUT2D eigenvalue weighted by Crippen LogP contribution is 2.23. The van der Waals surface area contributed by atoms with Crippen LogP contribution in [-0.4, -0.2) is 37.2 Å². The minimum Gasteiger partial charge on any atom is -0.368 e. The standard InChI is InChI=1S/C21H19FN4O4S/c1-26(19(20(23)27)15-3-2-4-16(22)13-15)21(28)14-5-7-18(8-6-14)31(29,30)25-17-9-11-24-12-10-17/h2-13,19H,1H3,(H2,23,27)(H,24,25). The van der Waals surface area contributed by atoms with Gasteiger partial charge in [-0.2, -0.15) is 0 Å². The number of anilines is 1. The minimum absolute atomic E-state index is 0.0555. The number of halogens is 1. The van der Waals surface area contributed by atoms with E-state index < -0.39 is 33.7 Å². The van der Waals surface area contributed by atoms with Gasteiger partial charge in [0.15, 0.2) is 0 Å². The number of nitrogens with one attached hydrogen (secondary N) is 1. The number of carbonyl (C=O) groups excluding carboxylic acids is 2. The van der Waals surface area contributed by atoms with Crippen LogP contribution < -0.4 is 10.5 Å². The molecule has 0 saturated carbocycles. The number of aromatic nitrogens is 1. The second kappa shape index (κ2) is 8.92. The van der Waals surface area contributed by atoms with Crippen LogP contribution in [0.3, 0.4) is 0 Å². The zero-order valence-electron chi connectivity index (χ0n) is 16.4. The van der Waals surface area contributed by atoms with Crippen LogP contribution in [0.4, 0.5) is 10.1 Å². The number of hydrogen-bond donors (Lipinski definition) is 2. The van der Waals surface area contributed by atoms with Crippen molar-refractivity contribution in [2.75, 3.05) is 11.8 Å². The van der Waals surface area contributed by atoms with Crippen LogP contribution >= 0.6 is 0 Å². The Morgan fingerprint density at radius 1 is 1.06 bits per heavy atom. The molecule has 0 aliphatic carbocycles. The Hall–Kier alpha value is -3.79. The van der Waals surface area contributed by atoms with Gasteiger partial charge in [0, 0.05) is 25.0 Å². The third kappa shape index (κ3) is 5.04. The van der Waals surface area contributed by atoms with Gasteiger partial charge in [-0.3, -0.25) is 19.3 Å². The molecule has 0 spiro atoms. The molecule has 3 aromatic rings. The summed E-state index contributed by atoms with van der Waals surface area (Å²) in [6.07, 6.45) is 2.90. The first kappa shape index (κ1) is 21.9. The van der Waals surface area contributed by atoms with Crippen LogP contribution in [0.1, 0.15) is 22.0 Å². The van der Waals surface area contributed by atoms with E-state index in [0.717, 1.165) is 11.0 Å². The molecule has 0 aliphatic rings. The van der Waals surface area contributed by atoms with Gasteiger partial charge < -0.3 is 10.6 Å². The van der Waals surface area contributed by atoms with Gasteiger partial charge in [-0.25, -0.2) is 12.8 Å². The number of likely N-dealkylation sites (N-methyl/N-ethyl adjacent to an activating group) is 1. The molecule has 1 heterocycles. The highest BCUT2D eigenvalue weighted by atomic mass is 32.2. The van der Waals surface area contributed by atoms with Crippen molar-refractivity contribution >= 4 is 27.5 Å². The molecule has 0 bridgehead atoms. The number of primary amides is 1. The van der Waals surface area contributed by atoms with Gasteiger partial charge in [0.1, 0.15) is 11.9 Å². The lowest BCUT2D eigenvalue weighted by Gasteiger charge is -2.26. The number of benzene rings is 2. The first-order valence-corrected chi connectivity index (χ1v) is 10.5. The Bertz CT molecular complexity index is 1200. The summed E-state index contributed by atoms with van der Waals surface area (Å²) in [4.78, 5) is 29.7. The van der Waals surface area contributed by atoms with Crippen LogP contribution in [0.25, 0.3) is 0 Å². The predicted molar refractivity (Wildman–Crippen MR) is 112 cm³/mol. The van der Waals surface area contributed by atoms with E-state index in [1.54, 1.807) is 0 Å². The van der Waals surface area contributed by atoms with Gasteiger partial charge in [0.25, 0.3) is 15.9 Å². The van der Waals surface area contributed by atoms with Gasteiger partial charge in [-0.1, -0.05) is 12.1 Å². The van der Waals surface area contributed by atoms with Gasteiger partial charge in [-0.15, -0.1) is 0 Å². The van der Waals surface area contributed by atoms with Crippen LogP contribution in [-0.2, 0) is 14.8 Å². The van der Waals surface area contributed by atoms with Gasteiger partial charge in [-0.05, 0) is 54.1 Å². The van der Waals surface area contributed by atoms with Gasteiger partial charge in [0.05, 0.1) is 10.6 Å². The maximum absolute atomic E-state index is 13.6. The summed E-state index contributed by atoms with van der Waals surface area (Å²) in [6, 6.07) is 12.2. The number of hydrogen-bond acceptors (Lipinski definition) is 5. The van der Waals surface area contributed by atoms with Gasteiger partial charge >= 0.3 is 0 Å². The highest BCUT2D eigenvalue weighted by Gasteiger charge is 2.28. The van der Waals surface area contributed by atoms with Crippen molar-refractivity contribution in [3.8, 4) is 0 Å². The summed E-state index contributed by atoms with van der Waals surface area (Å²) in [7, 11) is -2.51. The summed E-state index contributed by atoms with van der Waals surface area (Å²) < 4.78 is 41.0. The number of nitrogens with two attached hydrogens (primary N) is 1. The molecule has 0 fully saturated rings. The van der Waals surface area contributed by atoms with E-state index in [4.69, 9.17) is 5.73 Å². The van der Waals surface area contributed by atoms with Gasteiger partial charge in [0.2, 0.25) is 5.91 Å². The summed E-state index contributed by atoms with van der Waals surface area (Å²) in [5, 5.41) is 0. The van der Waals surface area contributed by atoms with E-state index in [1.165, 1.54) is 74.0 Å². The fourth-order valence-electron chi connectivity index (χ4n) is 2.99. The molecule has 8 nitrogen and oxygen atoms in total. The molecule has 1 aromatic heterocycles. The Balaban J connectivity index is 1.82. The molecule has 0 radical (unpaired) electrons. The SMILES string of the molecule is CN(C(=O)c1ccc(S(=O)(=O)Nc2ccncc2)cc1)C(C(N)=O)c1cccc(F)c1. The van der Waals surface area contributed by atoms with Crippen LogP contribution in [0, 0.1) is 5.82 Å². The molecule has 3 N–H and O–H groups in total. The minimum atomic E-state index is -3.87. The number of sulfonamides is 1. The van der Waals surface area contributed by atoms with Crippen molar-refractivity contribution < 1.29 is 22.4 Å². The number of nitrogens with zero attached hydrogens (tertiary/aromatic N) is 2. The van der Waals surface area contributed by atoms with E-state index in [9.17, 15) is 22.4 Å². The molecule has 0 aliphatic heterocycles. The summed E-state index contributed by atoms with van der Waals surface area (Å²) >= 11 is 0. The topological polar surface area (TPSA) is 122 Å². The largest absolute Gasteiger partial charge is 0.368 e. The molecule has 3 rings (SSSR count). The first-order valence-electron chi connectivity index (χ1n) is 9.04. The lowest BCUT2D eigenvalue weighted by atomic mass is 10.0. The van der Waals surface area contributed by atoms with Crippen molar-refractivity contribution in [3.63, 3.8) is 0 Å². The van der Waals surface area contributed by atoms with E-state index >= 15 is 0 Å². The summed E-state index contributed by atoms with van der Waals surface area (Å²) in [6.45, 7) is 0. The van der Waals surface area contributed by atoms with E-state index in [1.807, 2.05) is 0 Å². The van der Waals surface area contributed by atoms with Crippen molar-refractivity contribution in [2.24, 2.45) is 5.73 Å². The maximum Gasteiger partial charge on any atom is 0.261 e. The number of carbonyl (C=O) groups is 2. The van der Waals surface area contributed by atoms with Crippen molar-refractivity contribution in [3.05, 3.63) is 90.0 Å². The average Bonchev–Trinajstić information content (AvgIpc) is 2.73. The van der Waals surface area contributed by atoms with Crippen molar-refractivity contribution in [1.29, 1.82) is 0 Å². The van der Waals surface area contributed by atoms with Crippen molar-refractivity contribution in [1.82, 2.24) is 9.88 Å².